The van der Waals surface area contributed by atoms with Crippen molar-refractivity contribution in [1.29, 1.82) is 0 Å². The molecule has 0 bridgehead atoms. The number of aryl methyl sites for hydroxylation is 2. The smallest absolute Gasteiger partial charge is 0.264 e. The van der Waals surface area contributed by atoms with Gasteiger partial charge in [-0.3, -0.25) is 13.9 Å². The van der Waals surface area contributed by atoms with Gasteiger partial charge in [0.05, 0.1) is 10.6 Å². The normalized spacial score (nSPS) is 12.0. The molecule has 0 unspecified atom stereocenters. The fourth-order valence-corrected chi connectivity index (χ4v) is 5.38. The number of hydrogen-bond donors (Lipinski definition) is 1. The maximum absolute atomic E-state index is 13.7. The van der Waals surface area contributed by atoms with Crippen LogP contribution in [-0.4, -0.2) is 50.8 Å². The van der Waals surface area contributed by atoms with E-state index in [0.717, 1.165) is 21.0 Å². The number of nitrogens with zero attached hydrogens (tertiary/aromatic N) is 2. The molecule has 0 spiro atoms. The van der Waals surface area contributed by atoms with E-state index in [2.05, 4.69) is 5.32 Å². The molecule has 2 amide bonds. The molecular formula is C29H35N3O4S. The fraction of sp³-hybridized carbons (Fsp3) is 0.310. The van der Waals surface area contributed by atoms with E-state index in [1.165, 1.54) is 4.90 Å². The molecule has 0 radical (unpaired) electrons. The van der Waals surface area contributed by atoms with Crippen LogP contribution in [0.1, 0.15) is 30.5 Å². The first kappa shape index (κ1) is 27.9. The molecule has 0 aliphatic heterocycles. The van der Waals surface area contributed by atoms with Crippen molar-refractivity contribution in [2.75, 3.05) is 23.9 Å². The van der Waals surface area contributed by atoms with E-state index in [-0.39, 0.29) is 17.3 Å². The highest BCUT2D eigenvalue weighted by molar-refractivity contribution is 7.92. The second-order valence-corrected chi connectivity index (χ2v) is 10.9. The van der Waals surface area contributed by atoms with E-state index in [1.54, 1.807) is 43.3 Å². The summed E-state index contributed by atoms with van der Waals surface area (Å²) in [6.07, 6.45) is 0.533. The molecule has 1 atom stereocenters. The minimum atomic E-state index is -4.05. The number of carbonyl (C=O) groups excluding carboxylic acids is 2. The summed E-state index contributed by atoms with van der Waals surface area (Å²) in [5.41, 5.74) is 3.30. The number of hydrogen-bond acceptors (Lipinski definition) is 4. The van der Waals surface area contributed by atoms with Crippen molar-refractivity contribution in [3.05, 3.63) is 95.6 Å². The van der Waals surface area contributed by atoms with Crippen molar-refractivity contribution in [1.82, 2.24) is 10.2 Å². The Morgan fingerprint density at radius 2 is 1.43 bits per heavy atom. The van der Waals surface area contributed by atoms with Gasteiger partial charge in [0, 0.05) is 13.1 Å². The quantitative estimate of drug-likeness (QED) is 0.412. The van der Waals surface area contributed by atoms with Gasteiger partial charge in [-0.2, -0.15) is 0 Å². The third-order valence-corrected chi connectivity index (χ3v) is 8.00. The summed E-state index contributed by atoms with van der Waals surface area (Å²) in [5, 5.41) is 2.77. The molecule has 0 heterocycles. The maximum Gasteiger partial charge on any atom is 0.264 e. The number of carbonyl (C=O) groups is 2. The zero-order chi connectivity index (χ0) is 27.0. The Kier molecular flexibility index (Phi) is 9.47. The summed E-state index contributed by atoms with van der Waals surface area (Å²) >= 11 is 0. The van der Waals surface area contributed by atoms with Crippen LogP contribution in [0.4, 0.5) is 5.69 Å². The largest absolute Gasteiger partial charge is 0.355 e. The number of likely N-dealkylation sites (N-methyl/N-ethyl adjacent to an activating group) is 1. The maximum atomic E-state index is 13.7. The molecular weight excluding hydrogens is 486 g/mol. The molecule has 1 N–H and O–H groups in total. The second-order valence-electron chi connectivity index (χ2n) is 9.05. The van der Waals surface area contributed by atoms with Crippen LogP contribution < -0.4 is 9.62 Å². The highest BCUT2D eigenvalue weighted by atomic mass is 32.2. The number of rotatable bonds is 11. The molecule has 8 heteroatoms. The molecule has 7 nitrogen and oxygen atoms in total. The van der Waals surface area contributed by atoms with Gasteiger partial charge in [-0.25, -0.2) is 8.42 Å². The van der Waals surface area contributed by atoms with Crippen molar-refractivity contribution < 1.29 is 18.0 Å². The lowest BCUT2D eigenvalue weighted by molar-refractivity contribution is -0.138. The van der Waals surface area contributed by atoms with Gasteiger partial charge in [0.25, 0.3) is 10.0 Å². The van der Waals surface area contributed by atoms with E-state index < -0.39 is 28.5 Å². The Labute approximate surface area is 220 Å². The van der Waals surface area contributed by atoms with Gasteiger partial charge in [0.1, 0.15) is 12.6 Å². The number of nitrogens with one attached hydrogen (secondary N) is 1. The van der Waals surface area contributed by atoms with Crippen LogP contribution in [0.5, 0.6) is 0 Å². The predicted octanol–water partition coefficient (Wildman–Crippen LogP) is 4.09. The van der Waals surface area contributed by atoms with Crippen LogP contribution in [0, 0.1) is 13.8 Å². The van der Waals surface area contributed by atoms with Gasteiger partial charge in [-0.15, -0.1) is 0 Å². The van der Waals surface area contributed by atoms with E-state index in [9.17, 15) is 18.0 Å². The molecule has 37 heavy (non-hydrogen) atoms. The topological polar surface area (TPSA) is 86.8 Å². The molecule has 3 aromatic carbocycles. The van der Waals surface area contributed by atoms with E-state index >= 15 is 0 Å². The van der Waals surface area contributed by atoms with Crippen molar-refractivity contribution >= 4 is 27.5 Å². The summed E-state index contributed by atoms with van der Waals surface area (Å²) in [6.45, 7) is 7.54. The first-order chi connectivity index (χ1) is 17.6. The van der Waals surface area contributed by atoms with Gasteiger partial charge in [0.2, 0.25) is 11.8 Å². The molecule has 0 aliphatic carbocycles. The molecule has 0 saturated heterocycles. The lowest BCUT2D eigenvalue weighted by atomic mass is 10.1. The van der Waals surface area contributed by atoms with Crippen LogP contribution in [0.2, 0.25) is 0 Å². The standard InChI is InChI=1S/C29H35N3O4S/c1-5-30-29(34)24(4)31(20-19-25-9-7-6-8-10-25)28(33)21-32(26-15-11-22(2)12-16-26)37(35,36)27-17-13-23(3)14-18-27/h6-18,24H,5,19-21H2,1-4H3,(H,30,34)/t24-/m1/s1. The molecule has 0 fully saturated rings. The molecule has 3 rings (SSSR count). The molecule has 0 saturated carbocycles. The molecule has 196 valence electrons. The molecule has 0 aromatic heterocycles. The van der Waals surface area contributed by atoms with Crippen LogP contribution in [0.3, 0.4) is 0 Å². The highest BCUT2D eigenvalue weighted by Gasteiger charge is 2.32. The van der Waals surface area contributed by atoms with Crippen LogP contribution >= 0.6 is 0 Å². The minimum Gasteiger partial charge on any atom is -0.355 e. The van der Waals surface area contributed by atoms with Crippen LogP contribution in [0.15, 0.2) is 83.8 Å². The highest BCUT2D eigenvalue weighted by Crippen LogP contribution is 2.25. The fourth-order valence-electron chi connectivity index (χ4n) is 3.97. The lowest BCUT2D eigenvalue weighted by Crippen LogP contribution is -2.52. The summed E-state index contributed by atoms with van der Waals surface area (Å²) in [5.74, 6) is -0.738. The SMILES string of the molecule is CCNC(=O)[C@@H](C)N(CCc1ccccc1)C(=O)CN(c1ccc(C)cc1)S(=O)(=O)c1ccc(C)cc1. The summed E-state index contributed by atoms with van der Waals surface area (Å²) in [4.78, 5) is 28.0. The minimum absolute atomic E-state index is 0.0964. The Bertz CT molecular complexity index is 1290. The summed E-state index contributed by atoms with van der Waals surface area (Å²) < 4.78 is 28.6. The van der Waals surface area contributed by atoms with Crippen molar-refractivity contribution in [3.63, 3.8) is 0 Å². The van der Waals surface area contributed by atoms with Gasteiger partial charge < -0.3 is 10.2 Å². The van der Waals surface area contributed by atoms with Crippen LogP contribution in [0.25, 0.3) is 0 Å². The van der Waals surface area contributed by atoms with Gasteiger partial charge in [-0.1, -0.05) is 65.7 Å². The molecule has 0 aliphatic rings. The average Bonchev–Trinajstić information content (AvgIpc) is 2.89. The van der Waals surface area contributed by atoms with Crippen molar-refractivity contribution in [2.45, 2.75) is 45.1 Å². The van der Waals surface area contributed by atoms with E-state index in [1.807, 2.05) is 63.2 Å². The van der Waals surface area contributed by atoms with Crippen molar-refractivity contribution in [2.24, 2.45) is 0 Å². The number of sulfonamides is 1. The first-order valence-corrected chi connectivity index (χ1v) is 13.8. The molecule has 3 aromatic rings. The Balaban J connectivity index is 1.96. The monoisotopic (exact) mass is 521 g/mol. The van der Waals surface area contributed by atoms with Crippen LogP contribution in [-0.2, 0) is 26.0 Å². The Hall–Kier alpha value is -3.65. The zero-order valence-electron chi connectivity index (χ0n) is 21.8. The third kappa shape index (κ3) is 7.20. The zero-order valence-corrected chi connectivity index (χ0v) is 22.7. The summed E-state index contributed by atoms with van der Waals surface area (Å²) in [7, 11) is -4.05. The number of amides is 2. The lowest BCUT2D eigenvalue weighted by Gasteiger charge is -2.32. The van der Waals surface area contributed by atoms with E-state index in [0.29, 0.717) is 18.7 Å². The first-order valence-electron chi connectivity index (χ1n) is 12.4. The Morgan fingerprint density at radius 1 is 0.865 bits per heavy atom. The van der Waals surface area contributed by atoms with Gasteiger partial charge >= 0.3 is 0 Å². The second kappa shape index (κ2) is 12.5. The van der Waals surface area contributed by atoms with Crippen molar-refractivity contribution in [3.8, 4) is 0 Å². The van der Waals surface area contributed by atoms with Gasteiger partial charge in [-0.05, 0) is 63.9 Å². The number of benzene rings is 3. The third-order valence-electron chi connectivity index (χ3n) is 6.21. The number of anilines is 1. The predicted molar refractivity (Wildman–Crippen MR) is 147 cm³/mol. The average molecular weight is 522 g/mol. The van der Waals surface area contributed by atoms with E-state index in [4.69, 9.17) is 0 Å². The Morgan fingerprint density at radius 3 is 2.00 bits per heavy atom. The summed E-state index contributed by atoms with van der Waals surface area (Å²) in [6, 6.07) is 22.4. The van der Waals surface area contributed by atoms with Gasteiger partial charge in [0.15, 0.2) is 0 Å².